The van der Waals surface area contributed by atoms with Crippen molar-refractivity contribution in [3.8, 4) is 0 Å². The number of thiazole rings is 1. The van der Waals surface area contributed by atoms with Gasteiger partial charge >= 0.3 is 0 Å². The van der Waals surface area contributed by atoms with E-state index in [1.165, 1.54) is 4.88 Å². The molecule has 16 heavy (non-hydrogen) atoms. The summed E-state index contributed by atoms with van der Waals surface area (Å²) in [4.78, 5) is 19.3. The molecule has 1 aliphatic heterocycles. The molecule has 0 unspecified atom stereocenters. The van der Waals surface area contributed by atoms with E-state index in [1.54, 1.807) is 18.4 Å². The Labute approximate surface area is 98.9 Å². The van der Waals surface area contributed by atoms with Crippen LogP contribution in [0.15, 0.2) is 0 Å². The van der Waals surface area contributed by atoms with E-state index in [9.17, 15) is 4.79 Å². The van der Waals surface area contributed by atoms with E-state index in [-0.39, 0.29) is 5.91 Å². The maximum absolute atomic E-state index is 11.4. The van der Waals surface area contributed by atoms with E-state index < -0.39 is 0 Å². The molecular weight excluding hydrogens is 224 g/mol. The minimum atomic E-state index is -0.0399. The van der Waals surface area contributed by atoms with Gasteiger partial charge in [0.2, 0.25) is 5.91 Å². The number of anilines is 1. The van der Waals surface area contributed by atoms with Crippen molar-refractivity contribution < 1.29 is 4.79 Å². The highest BCUT2D eigenvalue weighted by atomic mass is 32.1. The number of rotatable bonds is 3. The van der Waals surface area contributed by atoms with Crippen molar-refractivity contribution >= 4 is 22.4 Å². The number of hydrogen-bond donors (Lipinski definition) is 2. The van der Waals surface area contributed by atoms with Gasteiger partial charge in [-0.25, -0.2) is 4.98 Å². The van der Waals surface area contributed by atoms with Crippen LogP contribution in [0.25, 0.3) is 0 Å². The van der Waals surface area contributed by atoms with Gasteiger partial charge in [0.05, 0.1) is 12.2 Å². The predicted octanol–water partition coefficient (Wildman–Crippen LogP) is 0.289. The maximum atomic E-state index is 11.4. The maximum Gasteiger partial charge on any atom is 0.240 e. The molecule has 6 heteroatoms. The van der Waals surface area contributed by atoms with Crippen molar-refractivity contribution in [2.24, 2.45) is 0 Å². The zero-order chi connectivity index (χ0) is 11.5. The summed E-state index contributed by atoms with van der Waals surface area (Å²) in [5.74, 6) is -0.0399. The normalized spacial score (nSPS) is 15.9. The summed E-state index contributed by atoms with van der Waals surface area (Å²) < 4.78 is 0. The fourth-order valence-electron chi connectivity index (χ4n) is 1.70. The number of hydrogen-bond acceptors (Lipinski definition) is 5. The summed E-state index contributed by atoms with van der Waals surface area (Å²) in [6, 6.07) is 0. The Morgan fingerprint density at radius 1 is 1.62 bits per heavy atom. The summed E-state index contributed by atoms with van der Waals surface area (Å²) in [5, 5.41) is 6.34. The van der Waals surface area contributed by atoms with Gasteiger partial charge in [0.15, 0.2) is 5.13 Å². The smallest absolute Gasteiger partial charge is 0.240 e. The molecule has 1 aromatic rings. The fraction of sp³-hybridized carbons (Fsp3) is 0.600. The van der Waals surface area contributed by atoms with Gasteiger partial charge in [-0.1, -0.05) is 0 Å². The first-order valence-electron chi connectivity index (χ1n) is 5.30. The molecule has 0 aromatic carbocycles. The van der Waals surface area contributed by atoms with Crippen LogP contribution in [0.5, 0.6) is 0 Å². The average molecular weight is 240 g/mol. The topological polar surface area (TPSA) is 57.3 Å². The fourth-order valence-corrected chi connectivity index (χ4v) is 2.81. The third-order valence-electron chi connectivity index (χ3n) is 2.51. The first-order valence-corrected chi connectivity index (χ1v) is 6.12. The van der Waals surface area contributed by atoms with Crippen molar-refractivity contribution in [1.82, 2.24) is 15.2 Å². The van der Waals surface area contributed by atoms with Gasteiger partial charge in [-0.05, 0) is 14.1 Å². The molecule has 0 saturated carbocycles. The van der Waals surface area contributed by atoms with Crippen molar-refractivity contribution in [2.75, 3.05) is 32.5 Å². The number of likely N-dealkylation sites (N-methyl/N-ethyl adjacent to an activating group) is 2. The molecule has 2 heterocycles. The molecule has 2 N–H and O–H groups in total. The standard InChI is InChI=1S/C10H16N4OS/c1-11-5-9(15)13-10-12-7-3-4-14(2)6-8(7)16-10/h11H,3-6H2,1-2H3,(H,12,13,15). The van der Waals surface area contributed by atoms with Crippen LogP contribution in [-0.4, -0.2) is 43.0 Å². The quantitative estimate of drug-likeness (QED) is 0.797. The largest absolute Gasteiger partial charge is 0.311 e. The first kappa shape index (κ1) is 11.5. The van der Waals surface area contributed by atoms with E-state index in [0.717, 1.165) is 30.3 Å². The highest BCUT2D eigenvalue weighted by molar-refractivity contribution is 7.15. The van der Waals surface area contributed by atoms with Crippen LogP contribution in [0.1, 0.15) is 10.6 Å². The van der Waals surface area contributed by atoms with Crippen molar-refractivity contribution in [1.29, 1.82) is 0 Å². The van der Waals surface area contributed by atoms with E-state index in [1.807, 2.05) is 0 Å². The number of nitrogens with one attached hydrogen (secondary N) is 2. The SMILES string of the molecule is CNCC(=O)Nc1nc2c(s1)CN(C)CC2. The summed E-state index contributed by atoms with van der Waals surface area (Å²) in [7, 11) is 3.85. The lowest BCUT2D eigenvalue weighted by Crippen LogP contribution is -2.25. The molecule has 1 aliphatic rings. The molecule has 2 rings (SSSR count). The minimum Gasteiger partial charge on any atom is -0.311 e. The molecule has 0 radical (unpaired) electrons. The Morgan fingerprint density at radius 3 is 3.19 bits per heavy atom. The van der Waals surface area contributed by atoms with Crippen molar-refractivity contribution in [3.05, 3.63) is 10.6 Å². The summed E-state index contributed by atoms with van der Waals surface area (Å²) >= 11 is 1.58. The zero-order valence-electron chi connectivity index (χ0n) is 9.54. The van der Waals surface area contributed by atoms with E-state index in [2.05, 4.69) is 27.6 Å². The van der Waals surface area contributed by atoms with Gasteiger partial charge in [-0.3, -0.25) is 4.79 Å². The molecule has 0 spiro atoms. The average Bonchev–Trinajstić information content (AvgIpc) is 2.59. The molecule has 0 fully saturated rings. The van der Waals surface area contributed by atoms with Crippen molar-refractivity contribution in [2.45, 2.75) is 13.0 Å². The highest BCUT2D eigenvalue weighted by Gasteiger charge is 2.18. The summed E-state index contributed by atoms with van der Waals surface area (Å²) in [5.41, 5.74) is 1.14. The monoisotopic (exact) mass is 240 g/mol. The Bertz CT molecular complexity index is 390. The predicted molar refractivity (Wildman–Crippen MR) is 64.7 cm³/mol. The van der Waals surface area contributed by atoms with Crippen LogP contribution < -0.4 is 10.6 Å². The second kappa shape index (κ2) is 4.90. The molecule has 88 valence electrons. The summed E-state index contributed by atoms with van der Waals surface area (Å²) in [6.45, 7) is 2.31. The third-order valence-corrected chi connectivity index (χ3v) is 3.50. The number of fused-ring (bicyclic) bond motifs is 1. The van der Waals surface area contributed by atoms with Gasteiger partial charge in [-0.2, -0.15) is 0 Å². The van der Waals surface area contributed by atoms with Crippen LogP contribution in [0.4, 0.5) is 5.13 Å². The lowest BCUT2D eigenvalue weighted by Gasteiger charge is -2.20. The lowest BCUT2D eigenvalue weighted by atomic mass is 10.2. The Balaban J connectivity index is 2.04. The van der Waals surface area contributed by atoms with Gasteiger partial charge in [0.1, 0.15) is 0 Å². The van der Waals surface area contributed by atoms with E-state index in [0.29, 0.717) is 6.54 Å². The number of carbonyl (C=O) groups is 1. The molecule has 0 bridgehead atoms. The minimum absolute atomic E-state index is 0.0399. The molecular formula is C10H16N4OS. The second-order valence-electron chi connectivity index (χ2n) is 3.96. The van der Waals surface area contributed by atoms with Crippen molar-refractivity contribution in [3.63, 3.8) is 0 Å². The Hall–Kier alpha value is -0.980. The molecule has 1 amide bonds. The van der Waals surface area contributed by atoms with Crippen LogP contribution in [0, 0.1) is 0 Å². The molecule has 0 atom stereocenters. The van der Waals surface area contributed by atoms with Gasteiger partial charge < -0.3 is 15.5 Å². The molecule has 5 nitrogen and oxygen atoms in total. The molecule has 1 aromatic heterocycles. The third kappa shape index (κ3) is 2.58. The van der Waals surface area contributed by atoms with Crippen LogP contribution in [0.2, 0.25) is 0 Å². The molecule has 0 saturated heterocycles. The first-order chi connectivity index (χ1) is 7.69. The van der Waals surface area contributed by atoms with Crippen LogP contribution >= 0.6 is 11.3 Å². The highest BCUT2D eigenvalue weighted by Crippen LogP contribution is 2.27. The van der Waals surface area contributed by atoms with Gasteiger partial charge in [0, 0.05) is 24.4 Å². The van der Waals surface area contributed by atoms with Crippen LogP contribution in [-0.2, 0) is 17.8 Å². The van der Waals surface area contributed by atoms with Gasteiger partial charge in [-0.15, -0.1) is 11.3 Å². The number of nitrogens with zero attached hydrogens (tertiary/aromatic N) is 2. The second-order valence-corrected chi connectivity index (χ2v) is 5.04. The lowest BCUT2D eigenvalue weighted by molar-refractivity contribution is -0.115. The number of aromatic nitrogens is 1. The molecule has 0 aliphatic carbocycles. The Kier molecular flexibility index (Phi) is 3.52. The zero-order valence-corrected chi connectivity index (χ0v) is 10.4. The van der Waals surface area contributed by atoms with E-state index >= 15 is 0 Å². The number of carbonyl (C=O) groups excluding carboxylic acids is 1. The Morgan fingerprint density at radius 2 is 2.44 bits per heavy atom. The van der Waals surface area contributed by atoms with Crippen LogP contribution in [0.3, 0.4) is 0 Å². The van der Waals surface area contributed by atoms with Gasteiger partial charge in [0.25, 0.3) is 0 Å². The summed E-state index contributed by atoms with van der Waals surface area (Å²) in [6.07, 6.45) is 0.976. The number of amides is 1. The van der Waals surface area contributed by atoms with E-state index in [4.69, 9.17) is 0 Å².